The van der Waals surface area contributed by atoms with Crippen LogP contribution in [-0.2, 0) is 11.3 Å². The van der Waals surface area contributed by atoms with Crippen molar-refractivity contribution in [3.05, 3.63) is 54.0 Å². The Morgan fingerprint density at radius 1 is 1.42 bits per heavy atom. The van der Waals surface area contributed by atoms with E-state index in [4.69, 9.17) is 4.52 Å². The number of nitrogens with zero attached hydrogens (tertiary/aromatic N) is 1. The van der Waals surface area contributed by atoms with Crippen LogP contribution in [0.5, 0.6) is 0 Å². The third-order valence-electron chi connectivity index (χ3n) is 2.45. The molecule has 98 valence electrons. The zero-order chi connectivity index (χ0) is 13.7. The fourth-order valence-electron chi connectivity index (χ4n) is 1.53. The van der Waals surface area contributed by atoms with E-state index in [1.807, 2.05) is 0 Å². The smallest absolute Gasteiger partial charge is 0.243 e. The zero-order valence-corrected chi connectivity index (χ0v) is 10.4. The van der Waals surface area contributed by atoms with E-state index in [0.29, 0.717) is 11.5 Å². The zero-order valence-electron chi connectivity index (χ0n) is 10.4. The third kappa shape index (κ3) is 3.51. The summed E-state index contributed by atoms with van der Waals surface area (Å²) < 4.78 is 17.9. The summed E-state index contributed by atoms with van der Waals surface area (Å²) >= 11 is 0. The van der Waals surface area contributed by atoms with Gasteiger partial charge in [-0.2, -0.15) is 0 Å². The minimum absolute atomic E-state index is 0.186. The number of halogens is 1. The van der Waals surface area contributed by atoms with Crippen LogP contribution in [0.4, 0.5) is 4.39 Å². The summed E-state index contributed by atoms with van der Waals surface area (Å²) in [6, 6.07) is 7.63. The van der Waals surface area contributed by atoms with Gasteiger partial charge in [0.15, 0.2) is 5.76 Å². The molecule has 1 heterocycles. The molecule has 0 spiro atoms. The van der Waals surface area contributed by atoms with Crippen LogP contribution in [0.3, 0.4) is 0 Å². The average molecular weight is 260 g/mol. The predicted octanol–water partition coefficient (Wildman–Crippen LogP) is 2.67. The van der Waals surface area contributed by atoms with Gasteiger partial charge in [0.2, 0.25) is 5.91 Å². The lowest BCUT2D eigenvalue weighted by Crippen LogP contribution is -2.20. The van der Waals surface area contributed by atoms with Crippen molar-refractivity contribution in [3.8, 4) is 11.3 Å². The first-order valence-electron chi connectivity index (χ1n) is 5.81. The van der Waals surface area contributed by atoms with Crippen LogP contribution >= 0.6 is 0 Å². The second kappa shape index (κ2) is 5.95. The Balaban J connectivity index is 2.03. The van der Waals surface area contributed by atoms with E-state index in [9.17, 15) is 9.18 Å². The average Bonchev–Trinajstić information content (AvgIpc) is 2.86. The van der Waals surface area contributed by atoms with E-state index < -0.39 is 0 Å². The summed E-state index contributed by atoms with van der Waals surface area (Å²) in [5.74, 6) is 0.0474. The number of rotatable bonds is 4. The Labute approximate surface area is 109 Å². The van der Waals surface area contributed by atoms with Crippen LogP contribution in [0, 0.1) is 5.82 Å². The maximum absolute atomic E-state index is 12.8. The highest BCUT2D eigenvalue weighted by atomic mass is 19.1. The van der Waals surface area contributed by atoms with Crippen molar-refractivity contribution in [1.82, 2.24) is 10.5 Å². The molecule has 1 amide bonds. The quantitative estimate of drug-likeness (QED) is 0.860. The Bertz CT molecular complexity index is 588. The van der Waals surface area contributed by atoms with Crippen molar-refractivity contribution in [1.29, 1.82) is 0 Å². The Morgan fingerprint density at radius 2 is 2.16 bits per heavy atom. The van der Waals surface area contributed by atoms with Crippen LogP contribution in [0.2, 0.25) is 0 Å². The molecule has 0 fully saturated rings. The van der Waals surface area contributed by atoms with E-state index in [2.05, 4.69) is 10.5 Å². The first kappa shape index (κ1) is 13.0. The second-order valence-electron chi connectivity index (χ2n) is 3.91. The van der Waals surface area contributed by atoms with Gasteiger partial charge in [0.25, 0.3) is 0 Å². The van der Waals surface area contributed by atoms with Gasteiger partial charge in [0, 0.05) is 11.6 Å². The van der Waals surface area contributed by atoms with Crippen molar-refractivity contribution in [2.24, 2.45) is 0 Å². The van der Waals surface area contributed by atoms with E-state index in [0.717, 1.165) is 5.56 Å². The summed E-state index contributed by atoms with van der Waals surface area (Å²) in [5.41, 5.74) is 1.34. The number of nitrogens with one attached hydrogen (secondary N) is 1. The molecule has 5 heteroatoms. The molecule has 0 saturated carbocycles. The number of aromatic nitrogens is 1. The monoisotopic (exact) mass is 260 g/mol. The van der Waals surface area contributed by atoms with Gasteiger partial charge in [-0.25, -0.2) is 4.39 Å². The van der Waals surface area contributed by atoms with Gasteiger partial charge in [-0.15, -0.1) is 0 Å². The fourth-order valence-corrected chi connectivity index (χ4v) is 1.53. The molecule has 0 radical (unpaired) electrons. The molecule has 0 bridgehead atoms. The molecule has 0 saturated heterocycles. The van der Waals surface area contributed by atoms with E-state index in [1.54, 1.807) is 31.2 Å². The molecule has 1 aromatic heterocycles. The van der Waals surface area contributed by atoms with Gasteiger partial charge in [0.1, 0.15) is 11.5 Å². The normalized spacial score (nSPS) is 10.8. The highest BCUT2D eigenvalue weighted by molar-refractivity contribution is 5.87. The van der Waals surface area contributed by atoms with Gasteiger partial charge in [-0.05, 0) is 37.3 Å². The van der Waals surface area contributed by atoms with Crippen LogP contribution in [0.25, 0.3) is 11.3 Å². The lowest BCUT2D eigenvalue weighted by atomic mass is 10.1. The van der Waals surface area contributed by atoms with Crippen LogP contribution < -0.4 is 5.32 Å². The number of benzene rings is 1. The fraction of sp³-hybridized carbons (Fsp3) is 0.143. The Hall–Kier alpha value is -2.43. The van der Waals surface area contributed by atoms with Crippen LogP contribution in [0.15, 0.2) is 47.0 Å². The number of amides is 1. The highest BCUT2D eigenvalue weighted by Gasteiger charge is 2.07. The van der Waals surface area contributed by atoms with E-state index in [1.165, 1.54) is 18.2 Å². The summed E-state index contributed by atoms with van der Waals surface area (Å²) in [4.78, 5) is 11.2. The number of hydrogen-bond acceptors (Lipinski definition) is 3. The lowest BCUT2D eigenvalue weighted by Gasteiger charge is -1.96. The van der Waals surface area contributed by atoms with Crippen molar-refractivity contribution >= 4 is 5.91 Å². The second-order valence-corrected chi connectivity index (χ2v) is 3.91. The Morgan fingerprint density at radius 3 is 2.84 bits per heavy atom. The molecular weight excluding hydrogens is 247 g/mol. The summed E-state index contributed by atoms with van der Waals surface area (Å²) in [6.07, 6.45) is 3.09. The summed E-state index contributed by atoms with van der Waals surface area (Å²) in [7, 11) is 0. The van der Waals surface area contributed by atoms with Gasteiger partial charge in [-0.3, -0.25) is 4.79 Å². The molecule has 0 unspecified atom stereocenters. The number of hydrogen-bond donors (Lipinski definition) is 1. The van der Waals surface area contributed by atoms with Crippen molar-refractivity contribution in [2.45, 2.75) is 13.5 Å². The van der Waals surface area contributed by atoms with Gasteiger partial charge in [-0.1, -0.05) is 11.2 Å². The molecular formula is C14H13FN2O2. The van der Waals surface area contributed by atoms with Crippen LogP contribution in [0.1, 0.15) is 12.6 Å². The molecule has 4 nitrogen and oxygen atoms in total. The highest BCUT2D eigenvalue weighted by Crippen LogP contribution is 2.20. The molecule has 2 rings (SSSR count). The molecule has 0 aliphatic carbocycles. The predicted molar refractivity (Wildman–Crippen MR) is 68.6 cm³/mol. The van der Waals surface area contributed by atoms with Crippen molar-refractivity contribution < 1.29 is 13.7 Å². The topological polar surface area (TPSA) is 55.1 Å². The van der Waals surface area contributed by atoms with E-state index >= 15 is 0 Å². The number of carbonyl (C=O) groups is 1. The van der Waals surface area contributed by atoms with Crippen molar-refractivity contribution in [3.63, 3.8) is 0 Å². The largest absolute Gasteiger partial charge is 0.356 e. The summed E-state index contributed by atoms with van der Waals surface area (Å²) in [6.45, 7) is 2.05. The number of allylic oxidation sites excluding steroid dienone is 1. The molecule has 0 aliphatic heterocycles. The Kier molecular flexibility index (Phi) is 4.07. The van der Waals surface area contributed by atoms with Crippen molar-refractivity contribution in [2.75, 3.05) is 0 Å². The molecule has 0 atom stereocenters. The minimum atomic E-state index is -0.304. The van der Waals surface area contributed by atoms with E-state index in [-0.39, 0.29) is 18.3 Å². The lowest BCUT2D eigenvalue weighted by molar-refractivity contribution is -0.116. The van der Waals surface area contributed by atoms with Gasteiger partial charge >= 0.3 is 0 Å². The summed E-state index contributed by atoms with van der Waals surface area (Å²) in [5, 5.41) is 6.51. The van der Waals surface area contributed by atoms with Gasteiger partial charge < -0.3 is 9.84 Å². The molecule has 1 N–H and O–H groups in total. The SMILES string of the molecule is C/C=C\C(=O)NCc1cc(-c2ccc(F)cc2)on1. The molecule has 0 aliphatic rings. The van der Waals surface area contributed by atoms with Crippen LogP contribution in [-0.4, -0.2) is 11.1 Å². The molecule has 2 aromatic rings. The first-order chi connectivity index (χ1) is 9.19. The standard InChI is InChI=1S/C14H13FN2O2/c1-2-3-14(18)16-9-12-8-13(19-17-12)10-4-6-11(15)7-5-10/h2-8H,9H2,1H3,(H,16,18)/b3-2-. The first-order valence-corrected chi connectivity index (χ1v) is 5.81. The maximum Gasteiger partial charge on any atom is 0.243 e. The third-order valence-corrected chi connectivity index (χ3v) is 2.45. The maximum atomic E-state index is 12.8. The molecule has 1 aromatic carbocycles. The van der Waals surface area contributed by atoms with Gasteiger partial charge in [0.05, 0.1) is 6.54 Å². The molecule has 19 heavy (non-hydrogen) atoms. The number of carbonyl (C=O) groups excluding carboxylic acids is 1. The minimum Gasteiger partial charge on any atom is -0.356 e.